The Kier molecular flexibility index (Phi) is 5.81. The fourth-order valence-corrected chi connectivity index (χ4v) is 2.99. The molecule has 0 heterocycles. The molecule has 1 unspecified atom stereocenters. The quantitative estimate of drug-likeness (QED) is 0.545. The molecular weight excluding hydrogens is 372 g/mol. The average Bonchev–Trinajstić information content (AvgIpc) is 3.50. The van der Waals surface area contributed by atoms with Crippen molar-refractivity contribution in [2.75, 3.05) is 13.7 Å². The van der Waals surface area contributed by atoms with Gasteiger partial charge in [-0.2, -0.15) is 0 Å². The van der Waals surface area contributed by atoms with Gasteiger partial charge < -0.3 is 14.8 Å². The number of methoxy groups -OCH3 is 1. The minimum Gasteiger partial charge on any atom is -0.497 e. The molecule has 2 aromatic carbocycles. The zero-order valence-corrected chi connectivity index (χ0v) is 15.4. The SMILES string of the molecule is COc1ccc(C(NC(=O)COc2ccc(Cl)cc2[N+](=O)[O-])C2CC2)cc1. The first-order valence-electron chi connectivity index (χ1n) is 8.48. The fraction of sp³-hybridized carbons (Fsp3) is 0.316. The number of hydrogen-bond donors (Lipinski definition) is 1. The summed E-state index contributed by atoms with van der Waals surface area (Å²) in [6.45, 7) is -0.318. The van der Waals surface area contributed by atoms with Gasteiger partial charge in [0.15, 0.2) is 12.4 Å². The third kappa shape index (κ3) is 4.89. The molecule has 8 heteroatoms. The van der Waals surface area contributed by atoms with Gasteiger partial charge in [-0.05, 0) is 48.6 Å². The molecular formula is C19H19ClN2O5. The summed E-state index contributed by atoms with van der Waals surface area (Å²) in [7, 11) is 1.60. The number of nitrogens with zero attached hydrogens (tertiary/aromatic N) is 1. The Morgan fingerprint density at radius 1 is 1.30 bits per heavy atom. The number of benzene rings is 2. The lowest BCUT2D eigenvalue weighted by molar-refractivity contribution is -0.385. The number of rotatable bonds is 8. The highest BCUT2D eigenvalue weighted by Crippen LogP contribution is 2.41. The lowest BCUT2D eigenvalue weighted by Crippen LogP contribution is -2.33. The van der Waals surface area contributed by atoms with Gasteiger partial charge in [0.2, 0.25) is 0 Å². The Labute approximate surface area is 161 Å². The molecule has 0 saturated heterocycles. The summed E-state index contributed by atoms with van der Waals surface area (Å²) in [5.74, 6) is 0.796. The standard InChI is InChI=1S/C19H19ClN2O5/c1-26-15-7-4-13(5-8-15)19(12-2-3-12)21-18(23)11-27-17-9-6-14(20)10-16(17)22(24)25/h4-10,12,19H,2-3,11H2,1H3,(H,21,23). The van der Waals surface area contributed by atoms with Crippen molar-refractivity contribution in [3.8, 4) is 11.5 Å². The van der Waals surface area contributed by atoms with Gasteiger partial charge in [0, 0.05) is 11.1 Å². The van der Waals surface area contributed by atoms with Gasteiger partial charge in [0.1, 0.15) is 5.75 Å². The molecule has 1 aliphatic carbocycles. The molecule has 1 amide bonds. The van der Waals surface area contributed by atoms with Crippen molar-refractivity contribution in [2.45, 2.75) is 18.9 Å². The van der Waals surface area contributed by atoms with E-state index >= 15 is 0 Å². The van der Waals surface area contributed by atoms with E-state index in [0.717, 1.165) is 24.2 Å². The first kappa shape index (κ1) is 19.0. The van der Waals surface area contributed by atoms with Crippen molar-refractivity contribution < 1.29 is 19.2 Å². The Bertz CT molecular complexity index is 836. The molecule has 27 heavy (non-hydrogen) atoms. The van der Waals surface area contributed by atoms with E-state index < -0.39 is 4.92 Å². The van der Waals surface area contributed by atoms with Gasteiger partial charge >= 0.3 is 5.69 Å². The van der Waals surface area contributed by atoms with E-state index in [1.54, 1.807) is 7.11 Å². The number of nitrogens with one attached hydrogen (secondary N) is 1. The largest absolute Gasteiger partial charge is 0.497 e. The predicted molar refractivity (Wildman–Crippen MR) is 100 cm³/mol. The van der Waals surface area contributed by atoms with Crippen molar-refractivity contribution in [1.82, 2.24) is 5.32 Å². The summed E-state index contributed by atoms with van der Waals surface area (Å²) in [6, 6.07) is 11.5. The molecule has 7 nitrogen and oxygen atoms in total. The van der Waals surface area contributed by atoms with Crippen molar-refractivity contribution >= 4 is 23.2 Å². The minimum absolute atomic E-state index is 0.00645. The highest BCUT2D eigenvalue weighted by atomic mass is 35.5. The number of ether oxygens (including phenoxy) is 2. The number of nitro benzene ring substituents is 1. The van der Waals surface area contributed by atoms with Crippen LogP contribution in [0, 0.1) is 16.0 Å². The van der Waals surface area contributed by atoms with Gasteiger partial charge in [-0.3, -0.25) is 14.9 Å². The summed E-state index contributed by atoms with van der Waals surface area (Å²) in [5.41, 5.74) is 0.716. The van der Waals surface area contributed by atoms with Crippen molar-refractivity contribution in [3.63, 3.8) is 0 Å². The maximum Gasteiger partial charge on any atom is 0.312 e. The maximum absolute atomic E-state index is 12.3. The molecule has 0 bridgehead atoms. The van der Waals surface area contributed by atoms with Gasteiger partial charge in [0.05, 0.1) is 18.1 Å². The number of nitro groups is 1. The van der Waals surface area contributed by atoms with Crippen LogP contribution in [0.5, 0.6) is 11.5 Å². The van der Waals surface area contributed by atoms with Crippen molar-refractivity contribution in [1.29, 1.82) is 0 Å². The maximum atomic E-state index is 12.3. The van der Waals surface area contributed by atoms with E-state index in [1.807, 2.05) is 24.3 Å². The van der Waals surface area contributed by atoms with Crippen LogP contribution in [0.3, 0.4) is 0 Å². The Morgan fingerprint density at radius 3 is 2.59 bits per heavy atom. The molecule has 3 rings (SSSR count). The predicted octanol–water partition coefficient (Wildman–Crippen LogP) is 3.90. The summed E-state index contributed by atoms with van der Waals surface area (Å²) >= 11 is 5.78. The second-order valence-electron chi connectivity index (χ2n) is 6.31. The summed E-state index contributed by atoms with van der Waals surface area (Å²) in [5, 5.41) is 14.3. The smallest absolute Gasteiger partial charge is 0.312 e. The van der Waals surface area contributed by atoms with Gasteiger partial charge in [0.25, 0.3) is 5.91 Å². The Balaban J connectivity index is 1.64. The van der Waals surface area contributed by atoms with Crippen LogP contribution in [0.4, 0.5) is 5.69 Å². The third-order valence-electron chi connectivity index (χ3n) is 4.36. The Hall–Kier alpha value is -2.80. The van der Waals surface area contributed by atoms with Gasteiger partial charge in [-0.1, -0.05) is 23.7 Å². The zero-order valence-electron chi connectivity index (χ0n) is 14.7. The highest BCUT2D eigenvalue weighted by molar-refractivity contribution is 6.30. The van der Waals surface area contributed by atoms with Crippen LogP contribution in [0.2, 0.25) is 5.02 Å². The third-order valence-corrected chi connectivity index (χ3v) is 4.60. The Morgan fingerprint density at radius 2 is 2.00 bits per heavy atom. The van der Waals surface area contributed by atoms with E-state index in [2.05, 4.69) is 5.32 Å². The van der Waals surface area contributed by atoms with Gasteiger partial charge in [-0.25, -0.2) is 0 Å². The number of halogens is 1. The summed E-state index contributed by atoms with van der Waals surface area (Å²) < 4.78 is 10.5. The molecule has 142 valence electrons. The molecule has 1 N–H and O–H groups in total. The number of carbonyl (C=O) groups is 1. The fourth-order valence-electron chi connectivity index (χ4n) is 2.83. The lowest BCUT2D eigenvalue weighted by atomic mass is 10.0. The first-order chi connectivity index (χ1) is 13.0. The van der Waals surface area contributed by atoms with Crippen LogP contribution in [-0.4, -0.2) is 24.5 Å². The van der Waals surface area contributed by atoms with Crippen LogP contribution in [0.1, 0.15) is 24.4 Å². The summed E-state index contributed by atoms with van der Waals surface area (Å²) in [6.07, 6.45) is 2.08. The van der Waals surface area contributed by atoms with Crippen LogP contribution in [0.25, 0.3) is 0 Å². The number of hydrogen-bond acceptors (Lipinski definition) is 5. The van der Waals surface area contributed by atoms with Crippen LogP contribution >= 0.6 is 11.6 Å². The van der Waals surface area contributed by atoms with E-state index in [-0.39, 0.29) is 35.0 Å². The second kappa shape index (κ2) is 8.26. The molecule has 0 aromatic heterocycles. The summed E-state index contributed by atoms with van der Waals surface area (Å²) in [4.78, 5) is 22.8. The first-order valence-corrected chi connectivity index (χ1v) is 8.86. The van der Waals surface area contributed by atoms with Crippen LogP contribution in [-0.2, 0) is 4.79 Å². The molecule has 1 aliphatic rings. The van der Waals surface area contributed by atoms with Crippen LogP contribution in [0.15, 0.2) is 42.5 Å². The second-order valence-corrected chi connectivity index (χ2v) is 6.75. The zero-order chi connectivity index (χ0) is 19.4. The number of amides is 1. The van der Waals surface area contributed by atoms with E-state index in [9.17, 15) is 14.9 Å². The molecule has 2 aromatic rings. The van der Waals surface area contributed by atoms with Crippen LogP contribution < -0.4 is 14.8 Å². The van der Waals surface area contributed by atoms with Gasteiger partial charge in [-0.15, -0.1) is 0 Å². The molecule has 1 saturated carbocycles. The monoisotopic (exact) mass is 390 g/mol. The van der Waals surface area contributed by atoms with E-state index in [0.29, 0.717) is 5.92 Å². The number of carbonyl (C=O) groups excluding carboxylic acids is 1. The molecule has 1 fully saturated rings. The molecule has 0 aliphatic heterocycles. The van der Waals surface area contributed by atoms with E-state index in [4.69, 9.17) is 21.1 Å². The van der Waals surface area contributed by atoms with Crippen molar-refractivity contribution in [3.05, 3.63) is 63.2 Å². The van der Waals surface area contributed by atoms with E-state index in [1.165, 1.54) is 18.2 Å². The van der Waals surface area contributed by atoms with Crippen molar-refractivity contribution in [2.24, 2.45) is 5.92 Å². The lowest BCUT2D eigenvalue weighted by Gasteiger charge is -2.19. The topological polar surface area (TPSA) is 90.7 Å². The normalized spacial score (nSPS) is 14.3. The molecule has 0 spiro atoms. The highest BCUT2D eigenvalue weighted by Gasteiger charge is 2.33. The molecule has 0 radical (unpaired) electrons. The average molecular weight is 391 g/mol. The molecule has 1 atom stereocenters. The minimum atomic E-state index is -0.594.